The van der Waals surface area contributed by atoms with E-state index in [4.69, 9.17) is 23.2 Å². The van der Waals surface area contributed by atoms with Gasteiger partial charge in [-0.1, -0.05) is 47.8 Å². The van der Waals surface area contributed by atoms with Crippen LogP contribution in [0.1, 0.15) is 24.8 Å². The minimum Gasteiger partial charge on any atom is -0.380 e. The fourth-order valence-corrected chi connectivity index (χ4v) is 4.23. The molecule has 0 aromatic heterocycles. The van der Waals surface area contributed by atoms with E-state index in [1.807, 2.05) is 41.3 Å². The van der Waals surface area contributed by atoms with E-state index < -0.39 is 0 Å². The monoisotopic (exact) mass is 360 g/mol. The molecule has 0 spiro atoms. The van der Waals surface area contributed by atoms with Crippen molar-refractivity contribution in [3.8, 4) is 0 Å². The van der Waals surface area contributed by atoms with E-state index in [0.29, 0.717) is 16.6 Å². The molecule has 1 saturated carbocycles. The second kappa shape index (κ2) is 6.30. The molecule has 4 rings (SSSR count). The molecule has 1 heterocycles. The number of fused-ring (bicyclic) bond motifs is 2. The lowest BCUT2D eigenvalue weighted by Crippen LogP contribution is -2.38. The van der Waals surface area contributed by atoms with E-state index in [0.717, 1.165) is 36.2 Å². The number of rotatable bonds is 2. The van der Waals surface area contributed by atoms with Crippen LogP contribution in [0.4, 0.5) is 11.4 Å². The van der Waals surface area contributed by atoms with Crippen molar-refractivity contribution in [2.24, 2.45) is 5.92 Å². The van der Waals surface area contributed by atoms with E-state index in [1.165, 1.54) is 0 Å². The molecule has 0 bridgehead atoms. The van der Waals surface area contributed by atoms with Gasteiger partial charge < -0.3 is 10.2 Å². The van der Waals surface area contributed by atoms with Crippen LogP contribution in [0, 0.1) is 5.92 Å². The maximum Gasteiger partial charge on any atom is 0.232 e. The van der Waals surface area contributed by atoms with Crippen molar-refractivity contribution in [3.63, 3.8) is 0 Å². The first kappa shape index (κ1) is 15.8. The van der Waals surface area contributed by atoms with Gasteiger partial charge in [-0.25, -0.2) is 0 Å². The average Bonchev–Trinajstić information content (AvgIpc) is 2.99. The number of amides is 1. The van der Waals surface area contributed by atoms with Gasteiger partial charge in [0.25, 0.3) is 0 Å². The molecule has 1 amide bonds. The Hall–Kier alpha value is -1.71. The Bertz CT molecular complexity index is 793. The van der Waals surface area contributed by atoms with Crippen LogP contribution in [-0.2, 0) is 11.3 Å². The van der Waals surface area contributed by atoms with E-state index >= 15 is 0 Å². The molecule has 2 aromatic carbocycles. The molecular weight excluding hydrogens is 343 g/mol. The van der Waals surface area contributed by atoms with Gasteiger partial charge in [-0.2, -0.15) is 0 Å². The van der Waals surface area contributed by atoms with Gasteiger partial charge in [0.2, 0.25) is 5.91 Å². The zero-order valence-corrected chi connectivity index (χ0v) is 14.6. The highest BCUT2D eigenvalue weighted by atomic mass is 35.5. The van der Waals surface area contributed by atoms with Gasteiger partial charge in [-0.15, -0.1) is 0 Å². The van der Waals surface area contributed by atoms with Gasteiger partial charge in [0.1, 0.15) is 0 Å². The predicted octanol–water partition coefficient (Wildman–Crippen LogP) is 5.12. The van der Waals surface area contributed by atoms with Crippen molar-refractivity contribution in [2.75, 3.05) is 10.2 Å². The summed E-state index contributed by atoms with van der Waals surface area (Å²) in [5.74, 6) is 0.212. The van der Waals surface area contributed by atoms with Crippen LogP contribution in [0.15, 0.2) is 42.5 Å². The smallest absolute Gasteiger partial charge is 0.232 e. The Morgan fingerprint density at radius 1 is 1.12 bits per heavy atom. The van der Waals surface area contributed by atoms with Gasteiger partial charge in [0, 0.05) is 16.1 Å². The van der Waals surface area contributed by atoms with Crippen molar-refractivity contribution >= 4 is 40.5 Å². The summed E-state index contributed by atoms with van der Waals surface area (Å²) in [5, 5.41) is 4.77. The molecule has 2 unspecified atom stereocenters. The van der Waals surface area contributed by atoms with Crippen molar-refractivity contribution < 1.29 is 4.79 Å². The van der Waals surface area contributed by atoms with Crippen LogP contribution >= 0.6 is 23.2 Å². The molecule has 0 saturated heterocycles. The number of carbonyl (C=O) groups excluding carboxylic acids is 1. The molecule has 1 N–H and O–H groups in total. The number of benzene rings is 2. The summed E-state index contributed by atoms with van der Waals surface area (Å²) in [6.45, 7) is 0.455. The zero-order chi connectivity index (χ0) is 16.7. The van der Waals surface area contributed by atoms with E-state index in [-0.39, 0.29) is 17.9 Å². The minimum absolute atomic E-state index is 0.0310. The molecule has 0 radical (unpaired) electrons. The normalized spacial score (nSPS) is 22.6. The molecule has 3 nitrogen and oxygen atoms in total. The highest BCUT2D eigenvalue weighted by Gasteiger charge is 2.39. The Morgan fingerprint density at radius 2 is 1.96 bits per heavy atom. The van der Waals surface area contributed by atoms with Crippen LogP contribution in [0.5, 0.6) is 0 Å². The Labute approximate surface area is 151 Å². The molecule has 2 atom stereocenters. The quantitative estimate of drug-likeness (QED) is 0.805. The zero-order valence-electron chi connectivity index (χ0n) is 13.1. The summed E-state index contributed by atoms with van der Waals surface area (Å²) in [7, 11) is 0. The van der Waals surface area contributed by atoms with Gasteiger partial charge in [-0.05, 0) is 42.7 Å². The van der Waals surface area contributed by atoms with Crippen LogP contribution in [0.3, 0.4) is 0 Å². The number of nitrogens with one attached hydrogen (secondary N) is 1. The summed E-state index contributed by atoms with van der Waals surface area (Å²) >= 11 is 12.3. The number of nitrogens with zero attached hydrogens (tertiary/aromatic N) is 1. The Balaban J connectivity index is 1.75. The first-order chi connectivity index (χ1) is 11.6. The first-order valence-electron chi connectivity index (χ1n) is 8.24. The SMILES string of the molecule is O=C1C2CCCC2Nc2ccccc2N1Cc1ccc(Cl)cc1Cl. The van der Waals surface area contributed by atoms with Crippen molar-refractivity contribution in [1.29, 1.82) is 0 Å². The number of carbonyl (C=O) groups is 1. The number of halogens is 2. The standard InChI is InChI=1S/C19H18Cl2N2O/c20-13-9-8-12(15(21)10-13)11-23-18-7-2-1-5-17(18)22-16-6-3-4-14(16)19(23)24/h1-2,5,7-10,14,16,22H,3-4,6,11H2. The fourth-order valence-electron chi connectivity index (χ4n) is 3.76. The van der Waals surface area contributed by atoms with Crippen LogP contribution in [-0.4, -0.2) is 11.9 Å². The number of anilines is 2. The molecule has 5 heteroatoms. The molecule has 1 aliphatic carbocycles. The van der Waals surface area contributed by atoms with Gasteiger partial charge in [-0.3, -0.25) is 4.79 Å². The number of hydrogen-bond donors (Lipinski definition) is 1. The van der Waals surface area contributed by atoms with Crippen molar-refractivity contribution in [3.05, 3.63) is 58.1 Å². The topological polar surface area (TPSA) is 32.3 Å². The average molecular weight is 361 g/mol. The summed E-state index contributed by atoms with van der Waals surface area (Å²) in [4.78, 5) is 15.1. The molecule has 24 heavy (non-hydrogen) atoms. The predicted molar refractivity (Wildman–Crippen MR) is 98.8 cm³/mol. The summed E-state index contributed by atoms with van der Waals surface area (Å²) in [5.41, 5.74) is 2.84. The molecule has 2 aromatic rings. The summed E-state index contributed by atoms with van der Waals surface area (Å²) < 4.78 is 0. The third-order valence-corrected chi connectivity index (χ3v) is 5.57. The van der Waals surface area contributed by atoms with E-state index in [1.54, 1.807) is 6.07 Å². The third-order valence-electron chi connectivity index (χ3n) is 4.98. The lowest BCUT2D eigenvalue weighted by Gasteiger charge is -2.25. The highest BCUT2D eigenvalue weighted by Crippen LogP contribution is 2.39. The molecule has 2 aliphatic rings. The van der Waals surface area contributed by atoms with E-state index in [9.17, 15) is 4.79 Å². The lowest BCUT2D eigenvalue weighted by atomic mass is 10.0. The van der Waals surface area contributed by atoms with Gasteiger partial charge in [0.15, 0.2) is 0 Å². The van der Waals surface area contributed by atoms with Crippen LogP contribution in [0.25, 0.3) is 0 Å². The lowest BCUT2D eigenvalue weighted by molar-refractivity contribution is -0.122. The van der Waals surface area contributed by atoms with Crippen LogP contribution in [0.2, 0.25) is 10.0 Å². The largest absolute Gasteiger partial charge is 0.380 e. The first-order valence-corrected chi connectivity index (χ1v) is 9.00. The Kier molecular flexibility index (Phi) is 4.15. The van der Waals surface area contributed by atoms with Crippen molar-refractivity contribution in [1.82, 2.24) is 0 Å². The summed E-state index contributed by atoms with van der Waals surface area (Å²) in [6.07, 6.45) is 3.07. The third kappa shape index (κ3) is 2.76. The molecule has 124 valence electrons. The fraction of sp³-hybridized carbons (Fsp3) is 0.316. The highest BCUT2D eigenvalue weighted by molar-refractivity contribution is 6.35. The molecular formula is C19H18Cl2N2O. The number of hydrogen-bond acceptors (Lipinski definition) is 2. The maximum absolute atomic E-state index is 13.2. The second-order valence-corrected chi connectivity index (χ2v) is 7.31. The maximum atomic E-state index is 13.2. The number of para-hydroxylation sites is 2. The van der Waals surface area contributed by atoms with E-state index in [2.05, 4.69) is 5.32 Å². The molecule has 1 fully saturated rings. The second-order valence-electron chi connectivity index (χ2n) is 6.47. The van der Waals surface area contributed by atoms with Crippen LogP contribution < -0.4 is 10.2 Å². The van der Waals surface area contributed by atoms with Gasteiger partial charge in [0.05, 0.1) is 23.8 Å². The Morgan fingerprint density at radius 3 is 2.79 bits per heavy atom. The minimum atomic E-state index is 0.0310. The molecule has 1 aliphatic heterocycles. The van der Waals surface area contributed by atoms with Gasteiger partial charge >= 0.3 is 0 Å². The van der Waals surface area contributed by atoms with Crippen molar-refractivity contribution in [2.45, 2.75) is 31.8 Å². The summed E-state index contributed by atoms with van der Waals surface area (Å²) in [6, 6.07) is 13.7.